The zero-order chi connectivity index (χ0) is 23.5. The Labute approximate surface area is 189 Å². The number of carboxylic acids is 1. The summed E-state index contributed by atoms with van der Waals surface area (Å²) in [6.07, 6.45) is 2.35. The summed E-state index contributed by atoms with van der Waals surface area (Å²) >= 11 is 1.53. The van der Waals surface area contributed by atoms with Gasteiger partial charge in [-0.2, -0.15) is 0 Å². The number of aliphatic carboxylic acids is 1. The van der Waals surface area contributed by atoms with Gasteiger partial charge in [0.2, 0.25) is 11.8 Å². The minimum absolute atomic E-state index is 0.0167. The summed E-state index contributed by atoms with van der Waals surface area (Å²) in [5.74, 6) is -3.08. The molecule has 7 atom stereocenters. The number of hydrogen-bond donors (Lipinski definition) is 2. The van der Waals surface area contributed by atoms with Crippen LogP contribution in [0.5, 0.6) is 0 Å². The molecule has 174 valence electrons. The van der Waals surface area contributed by atoms with Crippen LogP contribution in [0.1, 0.15) is 48.0 Å². The maximum atomic E-state index is 14.2. The Morgan fingerprint density at radius 3 is 2.45 bits per heavy atom. The van der Waals surface area contributed by atoms with Crippen molar-refractivity contribution in [1.82, 2.24) is 9.80 Å². The van der Waals surface area contributed by atoms with Crippen molar-refractivity contribution in [2.24, 2.45) is 23.7 Å². The third-order valence-corrected chi connectivity index (χ3v) is 9.48. The van der Waals surface area contributed by atoms with Crippen LogP contribution in [0.2, 0.25) is 0 Å². The monoisotopic (exact) mass is 452 g/mol. The van der Waals surface area contributed by atoms with Gasteiger partial charge in [0.1, 0.15) is 6.04 Å². The van der Waals surface area contributed by atoms with E-state index in [1.165, 1.54) is 11.8 Å². The molecule has 3 aliphatic rings. The highest BCUT2D eigenvalue weighted by atomic mass is 32.2. The fraction of sp³-hybridized carbons (Fsp3) is 0.783. The molecule has 3 rings (SSSR count). The Hall–Kier alpha value is -1.54. The van der Waals surface area contributed by atoms with Crippen molar-refractivity contribution in [3.63, 3.8) is 0 Å². The van der Waals surface area contributed by atoms with Crippen LogP contribution in [0.3, 0.4) is 0 Å². The van der Waals surface area contributed by atoms with E-state index >= 15 is 0 Å². The first-order valence-corrected chi connectivity index (χ1v) is 12.0. The van der Waals surface area contributed by atoms with Crippen molar-refractivity contribution in [2.45, 2.75) is 75.6 Å². The van der Waals surface area contributed by atoms with Crippen LogP contribution in [-0.2, 0) is 14.4 Å². The van der Waals surface area contributed by atoms with Crippen molar-refractivity contribution in [2.75, 3.05) is 13.2 Å². The molecule has 2 bridgehead atoms. The maximum absolute atomic E-state index is 14.2. The standard InChI is InChI=1S/C23H36N2O5S/c1-8-9-24(22(5,6)7)20(28)18-23-13(4)10-15(31-23)16(21(29)30)17(23)19(27)25(18)14(11-26)12(2)3/h8,12-18,26H,1,9-11H2,2-7H3,(H,29,30)/t13?,14-,15+,16-,17-,18?,23?/m0/s1. The highest BCUT2D eigenvalue weighted by Crippen LogP contribution is 2.69. The third kappa shape index (κ3) is 3.41. The molecule has 0 aromatic heterocycles. The highest BCUT2D eigenvalue weighted by molar-refractivity contribution is 8.02. The van der Waals surface area contributed by atoms with Gasteiger partial charge in [-0.05, 0) is 39.0 Å². The van der Waals surface area contributed by atoms with Crippen molar-refractivity contribution in [3.05, 3.63) is 12.7 Å². The van der Waals surface area contributed by atoms with E-state index in [1.807, 2.05) is 41.5 Å². The molecule has 3 unspecified atom stereocenters. The van der Waals surface area contributed by atoms with Crippen LogP contribution in [0.25, 0.3) is 0 Å². The zero-order valence-electron chi connectivity index (χ0n) is 19.4. The predicted molar refractivity (Wildman–Crippen MR) is 121 cm³/mol. The number of hydrogen-bond acceptors (Lipinski definition) is 5. The van der Waals surface area contributed by atoms with E-state index in [1.54, 1.807) is 15.9 Å². The van der Waals surface area contributed by atoms with E-state index in [2.05, 4.69) is 6.58 Å². The molecule has 3 fully saturated rings. The quantitative estimate of drug-likeness (QED) is 0.575. The molecule has 2 N–H and O–H groups in total. The number of aliphatic hydroxyl groups is 1. The normalized spacial score (nSPS) is 35.4. The van der Waals surface area contributed by atoms with Gasteiger partial charge in [0, 0.05) is 17.3 Å². The van der Waals surface area contributed by atoms with E-state index in [0.717, 1.165) is 0 Å². The van der Waals surface area contributed by atoms with Gasteiger partial charge in [0.05, 0.1) is 29.2 Å². The van der Waals surface area contributed by atoms with Crippen molar-refractivity contribution in [3.8, 4) is 0 Å². The summed E-state index contributed by atoms with van der Waals surface area (Å²) in [6.45, 7) is 15.6. The number of fused-ring (bicyclic) bond motifs is 1. The number of carbonyl (C=O) groups excluding carboxylic acids is 2. The molecule has 2 amide bonds. The molecule has 7 nitrogen and oxygen atoms in total. The predicted octanol–water partition coefficient (Wildman–Crippen LogP) is 2.24. The van der Waals surface area contributed by atoms with Gasteiger partial charge < -0.3 is 20.0 Å². The number of nitrogens with zero attached hydrogens (tertiary/aromatic N) is 2. The number of thioether (sulfide) groups is 1. The molecule has 0 aliphatic carbocycles. The van der Waals surface area contributed by atoms with E-state index in [-0.39, 0.29) is 35.5 Å². The fourth-order valence-corrected chi connectivity index (χ4v) is 8.36. The second-order valence-corrected chi connectivity index (χ2v) is 12.1. The lowest BCUT2D eigenvalue weighted by Gasteiger charge is -2.45. The number of rotatable bonds is 7. The van der Waals surface area contributed by atoms with Crippen LogP contribution in [-0.4, -0.2) is 78.6 Å². The molecule has 0 aromatic carbocycles. The molecule has 1 spiro atoms. The van der Waals surface area contributed by atoms with Crippen LogP contribution in [0.15, 0.2) is 12.7 Å². The van der Waals surface area contributed by atoms with Crippen molar-refractivity contribution >= 4 is 29.5 Å². The average molecular weight is 453 g/mol. The SMILES string of the molecule is C=CCN(C(=O)C1N([C@@H](CO)C(C)C)C(=O)[C@@H]2[C@@H](C(=O)O)[C@H]3CC(C)C12S3)C(C)(C)C. The van der Waals surface area contributed by atoms with E-state index in [9.17, 15) is 24.6 Å². The van der Waals surface area contributed by atoms with Gasteiger partial charge in [-0.3, -0.25) is 14.4 Å². The summed E-state index contributed by atoms with van der Waals surface area (Å²) in [4.78, 5) is 43.5. The van der Waals surface area contributed by atoms with E-state index in [4.69, 9.17) is 0 Å². The average Bonchev–Trinajstić information content (AvgIpc) is 3.23. The molecule has 3 aliphatic heterocycles. The summed E-state index contributed by atoms with van der Waals surface area (Å²) in [5, 5.41) is 20.0. The summed E-state index contributed by atoms with van der Waals surface area (Å²) in [6, 6.07) is -1.36. The van der Waals surface area contributed by atoms with Crippen molar-refractivity contribution in [1.29, 1.82) is 0 Å². The van der Waals surface area contributed by atoms with Gasteiger partial charge in [-0.15, -0.1) is 18.3 Å². The first-order chi connectivity index (χ1) is 14.3. The number of aliphatic hydroxyl groups excluding tert-OH is 1. The minimum atomic E-state index is -0.971. The maximum Gasteiger partial charge on any atom is 0.308 e. The largest absolute Gasteiger partial charge is 0.481 e. The van der Waals surface area contributed by atoms with Gasteiger partial charge in [0.25, 0.3) is 0 Å². The second kappa shape index (κ2) is 8.10. The molecule has 0 saturated carbocycles. The Kier molecular flexibility index (Phi) is 6.30. The summed E-state index contributed by atoms with van der Waals surface area (Å²) in [5.41, 5.74) is -0.502. The first-order valence-electron chi connectivity index (χ1n) is 11.1. The molecular formula is C23H36N2O5S. The molecule has 3 heterocycles. The molecular weight excluding hydrogens is 416 g/mol. The van der Waals surface area contributed by atoms with Gasteiger partial charge in [-0.25, -0.2) is 0 Å². The Morgan fingerprint density at radius 1 is 1.39 bits per heavy atom. The lowest BCUT2D eigenvalue weighted by Crippen LogP contribution is -2.62. The highest BCUT2D eigenvalue weighted by Gasteiger charge is 2.77. The Bertz CT molecular complexity index is 778. The second-order valence-electron chi connectivity index (χ2n) is 10.5. The molecule has 3 saturated heterocycles. The topological polar surface area (TPSA) is 98.2 Å². The van der Waals surface area contributed by atoms with Crippen LogP contribution < -0.4 is 0 Å². The van der Waals surface area contributed by atoms with E-state index < -0.39 is 40.2 Å². The molecule has 0 aromatic rings. The number of amides is 2. The first kappa shape index (κ1) is 24.1. The Morgan fingerprint density at radius 2 is 2.00 bits per heavy atom. The van der Waals surface area contributed by atoms with Crippen LogP contribution >= 0.6 is 11.8 Å². The fourth-order valence-electron chi connectivity index (χ4n) is 5.97. The number of carboxylic acid groups (broad SMARTS) is 1. The number of likely N-dealkylation sites (tertiary alicyclic amines) is 1. The Balaban J connectivity index is 2.20. The van der Waals surface area contributed by atoms with Crippen LogP contribution in [0, 0.1) is 23.7 Å². The van der Waals surface area contributed by atoms with Gasteiger partial charge >= 0.3 is 5.97 Å². The lowest BCUT2D eigenvalue weighted by atomic mass is 9.66. The number of carbonyl (C=O) groups is 3. The molecule has 8 heteroatoms. The van der Waals surface area contributed by atoms with Gasteiger partial charge in [-0.1, -0.05) is 26.8 Å². The zero-order valence-corrected chi connectivity index (χ0v) is 20.2. The van der Waals surface area contributed by atoms with E-state index in [0.29, 0.717) is 13.0 Å². The third-order valence-electron chi connectivity index (χ3n) is 7.40. The minimum Gasteiger partial charge on any atom is -0.481 e. The summed E-state index contributed by atoms with van der Waals surface area (Å²) < 4.78 is -0.797. The van der Waals surface area contributed by atoms with Gasteiger partial charge in [0.15, 0.2) is 0 Å². The summed E-state index contributed by atoms with van der Waals surface area (Å²) in [7, 11) is 0. The smallest absolute Gasteiger partial charge is 0.308 e. The molecule has 31 heavy (non-hydrogen) atoms. The lowest BCUT2D eigenvalue weighted by molar-refractivity contribution is -0.151. The molecule has 0 radical (unpaired) electrons. The van der Waals surface area contributed by atoms with Crippen molar-refractivity contribution < 1.29 is 24.6 Å². The van der Waals surface area contributed by atoms with Crippen LogP contribution in [0.4, 0.5) is 0 Å².